The van der Waals surface area contributed by atoms with Gasteiger partial charge >= 0.3 is 6.03 Å². The molecule has 8 heteroatoms. The fraction of sp³-hybridized carbons (Fsp3) is 0.550. The van der Waals surface area contributed by atoms with Crippen LogP contribution in [0.4, 0.5) is 4.79 Å². The fourth-order valence-corrected chi connectivity index (χ4v) is 4.09. The number of hydrogen-bond acceptors (Lipinski definition) is 4. The van der Waals surface area contributed by atoms with E-state index in [0.29, 0.717) is 45.7 Å². The number of nitrogens with one attached hydrogen (secondary N) is 1. The SMILES string of the molecule is COc1cccc(CNC(=O)N2CCN(C(C)=O)CC3(CC(=O)N(C)C3)C2)c1. The van der Waals surface area contributed by atoms with Gasteiger partial charge in [0.1, 0.15) is 5.75 Å². The molecule has 2 fully saturated rings. The second kappa shape index (κ2) is 8.08. The summed E-state index contributed by atoms with van der Waals surface area (Å²) in [5.74, 6) is 0.771. The van der Waals surface area contributed by atoms with E-state index in [-0.39, 0.29) is 17.8 Å². The van der Waals surface area contributed by atoms with Gasteiger partial charge in [-0.2, -0.15) is 0 Å². The molecule has 4 amide bonds. The third-order valence-electron chi connectivity index (χ3n) is 5.53. The highest BCUT2D eigenvalue weighted by Gasteiger charge is 2.46. The maximum Gasteiger partial charge on any atom is 0.317 e. The summed E-state index contributed by atoms with van der Waals surface area (Å²) in [5, 5.41) is 2.95. The maximum atomic E-state index is 12.8. The lowest BCUT2D eigenvalue weighted by molar-refractivity contribution is -0.130. The number of urea groups is 1. The molecule has 1 atom stereocenters. The van der Waals surface area contributed by atoms with Gasteiger partial charge in [-0.15, -0.1) is 0 Å². The van der Waals surface area contributed by atoms with E-state index in [9.17, 15) is 14.4 Å². The Balaban J connectivity index is 1.70. The molecule has 0 aliphatic carbocycles. The van der Waals surface area contributed by atoms with Gasteiger partial charge in [-0.05, 0) is 17.7 Å². The summed E-state index contributed by atoms with van der Waals surface area (Å²) < 4.78 is 5.22. The van der Waals surface area contributed by atoms with Crippen molar-refractivity contribution in [1.29, 1.82) is 0 Å². The van der Waals surface area contributed by atoms with Gasteiger partial charge in [0.05, 0.1) is 7.11 Å². The summed E-state index contributed by atoms with van der Waals surface area (Å²) >= 11 is 0. The first-order valence-electron chi connectivity index (χ1n) is 9.47. The molecule has 3 rings (SSSR count). The van der Waals surface area contributed by atoms with E-state index < -0.39 is 5.41 Å². The van der Waals surface area contributed by atoms with Crippen LogP contribution in [0.25, 0.3) is 0 Å². The number of likely N-dealkylation sites (tertiary alicyclic amines) is 1. The molecule has 2 aliphatic heterocycles. The highest BCUT2D eigenvalue weighted by molar-refractivity contribution is 5.80. The normalized spacial score (nSPS) is 22.4. The monoisotopic (exact) mass is 388 g/mol. The number of benzene rings is 1. The van der Waals surface area contributed by atoms with Crippen molar-refractivity contribution in [3.05, 3.63) is 29.8 Å². The van der Waals surface area contributed by atoms with Gasteiger partial charge in [0.25, 0.3) is 0 Å². The standard InChI is InChI=1S/C20H28N4O4/c1-15(25)23-7-8-24(14-20(13-23)10-18(26)22(2)12-20)19(27)21-11-16-5-4-6-17(9-16)28-3/h4-6,9H,7-8,10-14H2,1-3H3,(H,21,27). The fourth-order valence-electron chi connectivity index (χ4n) is 4.09. The Morgan fingerprint density at radius 2 is 1.89 bits per heavy atom. The Morgan fingerprint density at radius 1 is 1.18 bits per heavy atom. The summed E-state index contributed by atoms with van der Waals surface area (Å²) in [4.78, 5) is 42.2. The molecule has 1 spiro atoms. The van der Waals surface area contributed by atoms with Crippen molar-refractivity contribution in [1.82, 2.24) is 20.0 Å². The molecule has 2 heterocycles. The smallest absolute Gasteiger partial charge is 0.317 e. The van der Waals surface area contributed by atoms with E-state index in [4.69, 9.17) is 4.74 Å². The predicted octanol–water partition coefficient (Wildman–Crippen LogP) is 0.917. The van der Waals surface area contributed by atoms with Crippen molar-refractivity contribution >= 4 is 17.8 Å². The van der Waals surface area contributed by atoms with Crippen LogP contribution in [0.2, 0.25) is 0 Å². The molecule has 1 N–H and O–H groups in total. The average Bonchev–Trinajstić information content (AvgIpc) is 2.83. The van der Waals surface area contributed by atoms with Crippen molar-refractivity contribution in [2.75, 3.05) is 46.9 Å². The Bertz CT molecular complexity index is 768. The Kier molecular flexibility index (Phi) is 5.76. The molecule has 8 nitrogen and oxygen atoms in total. The number of amides is 4. The molecule has 28 heavy (non-hydrogen) atoms. The lowest BCUT2D eigenvalue weighted by Gasteiger charge is -2.33. The van der Waals surface area contributed by atoms with E-state index in [0.717, 1.165) is 11.3 Å². The molecule has 2 aliphatic rings. The zero-order chi connectivity index (χ0) is 20.3. The quantitative estimate of drug-likeness (QED) is 0.835. The summed E-state index contributed by atoms with van der Waals surface area (Å²) in [7, 11) is 3.38. The summed E-state index contributed by atoms with van der Waals surface area (Å²) in [6, 6.07) is 7.36. The van der Waals surface area contributed by atoms with Gasteiger partial charge in [0.15, 0.2) is 0 Å². The molecule has 2 saturated heterocycles. The van der Waals surface area contributed by atoms with Crippen LogP contribution >= 0.6 is 0 Å². The molecule has 0 aromatic heterocycles. The Labute approximate surface area is 165 Å². The number of methoxy groups -OCH3 is 1. The summed E-state index contributed by atoms with van der Waals surface area (Å²) in [6.07, 6.45) is 0.354. The third-order valence-corrected chi connectivity index (χ3v) is 5.53. The minimum atomic E-state index is -0.415. The molecule has 1 aromatic rings. The molecule has 1 aromatic carbocycles. The van der Waals surface area contributed by atoms with Crippen LogP contribution in [-0.2, 0) is 16.1 Å². The number of nitrogens with zero attached hydrogens (tertiary/aromatic N) is 3. The van der Waals surface area contributed by atoms with Crippen LogP contribution in [0.15, 0.2) is 24.3 Å². The molecule has 1 unspecified atom stereocenters. The molecule has 0 radical (unpaired) electrons. The van der Waals surface area contributed by atoms with E-state index in [1.165, 1.54) is 6.92 Å². The zero-order valence-electron chi connectivity index (χ0n) is 16.7. The summed E-state index contributed by atoms with van der Waals surface area (Å²) in [6.45, 7) is 4.34. The van der Waals surface area contributed by atoms with Crippen LogP contribution in [-0.4, -0.2) is 79.4 Å². The molecule has 0 bridgehead atoms. The zero-order valence-corrected chi connectivity index (χ0v) is 16.7. The van der Waals surface area contributed by atoms with Crippen molar-refractivity contribution in [2.24, 2.45) is 5.41 Å². The van der Waals surface area contributed by atoms with Gasteiger partial charge in [-0.3, -0.25) is 9.59 Å². The Morgan fingerprint density at radius 3 is 2.54 bits per heavy atom. The van der Waals surface area contributed by atoms with Crippen LogP contribution < -0.4 is 10.1 Å². The average molecular weight is 388 g/mol. The van der Waals surface area contributed by atoms with Crippen molar-refractivity contribution < 1.29 is 19.1 Å². The van der Waals surface area contributed by atoms with Crippen LogP contribution in [0.5, 0.6) is 5.75 Å². The molecule has 0 saturated carbocycles. The lowest BCUT2D eigenvalue weighted by atomic mass is 9.86. The topological polar surface area (TPSA) is 82.2 Å². The lowest BCUT2D eigenvalue weighted by Crippen LogP contribution is -2.47. The number of carbonyl (C=O) groups is 3. The van der Waals surface area contributed by atoms with E-state index in [2.05, 4.69) is 5.32 Å². The number of hydrogen-bond donors (Lipinski definition) is 1. The highest BCUT2D eigenvalue weighted by atomic mass is 16.5. The van der Waals surface area contributed by atoms with Crippen LogP contribution in [0.1, 0.15) is 18.9 Å². The van der Waals surface area contributed by atoms with Gasteiger partial charge in [0.2, 0.25) is 11.8 Å². The number of carbonyl (C=O) groups excluding carboxylic acids is 3. The van der Waals surface area contributed by atoms with Crippen molar-refractivity contribution in [3.63, 3.8) is 0 Å². The van der Waals surface area contributed by atoms with Crippen LogP contribution in [0.3, 0.4) is 0 Å². The molecular weight excluding hydrogens is 360 g/mol. The van der Waals surface area contributed by atoms with E-state index in [1.54, 1.807) is 28.9 Å². The Hall–Kier alpha value is -2.77. The first-order chi connectivity index (χ1) is 13.3. The van der Waals surface area contributed by atoms with Crippen molar-refractivity contribution in [2.45, 2.75) is 19.9 Å². The van der Waals surface area contributed by atoms with Crippen molar-refractivity contribution in [3.8, 4) is 5.75 Å². The predicted molar refractivity (Wildman–Crippen MR) is 104 cm³/mol. The minimum absolute atomic E-state index is 0.0278. The van der Waals surface area contributed by atoms with Gasteiger partial charge in [-0.1, -0.05) is 12.1 Å². The summed E-state index contributed by atoms with van der Waals surface area (Å²) in [5.41, 5.74) is 0.528. The first kappa shape index (κ1) is 20.0. The molecular formula is C20H28N4O4. The van der Waals surface area contributed by atoms with E-state index >= 15 is 0 Å². The number of ether oxygens (including phenoxy) is 1. The van der Waals surface area contributed by atoms with E-state index in [1.807, 2.05) is 24.3 Å². The first-order valence-corrected chi connectivity index (χ1v) is 9.47. The second-order valence-corrected chi connectivity index (χ2v) is 7.80. The molecule has 152 valence electrons. The minimum Gasteiger partial charge on any atom is -0.497 e. The second-order valence-electron chi connectivity index (χ2n) is 7.80. The van der Waals surface area contributed by atoms with Gasteiger partial charge in [-0.25, -0.2) is 4.79 Å². The largest absolute Gasteiger partial charge is 0.497 e. The van der Waals surface area contributed by atoms with Crippen LogP contribution in [0, 0.1) is 5.41 Å². The van der Waals surface area contributed by atoms with Gasteiger partial charge < -0.3 is 24.8 Å². The third kappa shape index (κ3) is 4.37. The maximum absolute atomic E-state index is 12.8. The van der Waals surface area contributed by atoms with Gasteiger partial charge in [0, 0.05) is 65.1 Å². The number of rotatable bonds is 3. The highest BCUT2D eigenvalue weighted by Crippen LogP contribution is 2.34.